The van der Waals surface area contributed by atoms with Crippen LogP contribution in [0.15, 0.2) is 42.5 Å². The Kier molecular flexibility index (Phi) is 4.56. The highest BCUT2D eigenvalue weighted by Gasteiger charge is 2.25. The number of benzene rings is 2. The summed E-state index contributed by atoms with van der Waals surface area (Å²) in [5.41, 5.74) is 3.36. The Bertz CT molecular complexity index is 904. The van der Waals surface area contributed by atoms with Crippen LogP contribution in [0.4, 0.5) is 0 Å². The van der Waals surface area contributed by atoms with Crippen molar-refractivity contribution in [1.82, 2.24) is 20.3 Å². The number of rotatable bonds is 4. The van der Waals surface area contributed by atoms with Crippen LogP contribution in [0.5, 0.6) is 5.75 Å². The Hall–Kier alpha value is -2.89. The van der Waals surface area contributed by atoms with Gasteiger partial charge in [-0.2, -0.15) is 15.4 Å². The van der Waals surface area contributed by atoms with Gasteiger partial charge in [0, 0.05) is 24.6 Å². The molecule has 0 bridgehead atoms. The molecule has 2 aromatic carbocycles. The Labute approximate surface area is 152 Å². The molecule has 1 amide bonds. The number of aromatic nitrogens is 3. The number of carbonyl (C=O) groups excluding carboxylic acids is 1. The standard InChI is InChI=1S/C20H22N4O2/c1-14-4-7-17(8-5-14)26-13-15-3-2-10-24(12-15)20(25)16-6-9-18-19(11-16)22-23-21-18/h4-9,11,15H,2-3,10,12-13H2,1H3,(H,21,22,23). The zero-order valence-electron chi connectivity index (χ0n) is 14.8. The quantitative estimate of drug-likeness (QED) is 0.784. The number of likely N-dealkylation sites (tertiary alicyclic amines) is 1. The van der Waals surface area contributed by atoms with Crippen LogP contribution in [-0.2, 0) is 0 Å². The van der Waals surface area contributed by atoms with Crippen LogP contribution in [0.25, 0.3) is 11.0 Å². The van der Waals surface area contributed by atoms with Crippen molar-refractivity contribution in [3.63, 3.8) is 0 Å². The van der Waals surface area contributed by atoms with Crippen LogP contribution in [0.1, 0.15) is 28.8 Å². The lowest BCUT2D eigenvalue weighted by atomic mass is 9.98. The maximum Gasteiger partial charge on any atom is 0.253 e. The summed E-state index contributed by atoms with van der Waals surface area (Å²) in [6.45, 7) is 4.21. The number of fused-ring (bicyclic) bond motifs is 1. The van der Waals surface area contributed by atoms with Gasteiger partial charge in [-0.15, -0.1) is 0 Å². The van der Waals surface area contributed by atoms with Gasteiger partial charge >= 0.3 is 0 Å². The molecule has 1 fully saturated rings. The monoisotopic (exact) mass is 350 g/mol. The van der Waals surface area contributed by atoms with E-state index in [-0.39, 0.29) is 5.91 Å². The van der Waals surface area contributed by atoms with E-state index in [0.717, 1.165) is 37.2 Å². The van der Waals surface area contributed by atoms with Crippen LogP contribution < -0.4 is 4.74 Å². The van der Waals surface area contributed by atoms with Gasteiger partial charge in [0.1, 0.15) is 16.8 Å². The minimum Gasteiger partial charge on any atom is -0.493 e. The van der Waals surface area contributed by atoms with Crippen LogP contribution in [0, 0.1) is 12.8 Å². The van der Waals surface area contributed by atoms with E-state index in [1.54, 1.807) is 6.07 Å². The molecule has 134 valence electrons. The van der Waals surface area contributed by atoms with Crippen LogP contribution in [-0.4, -0.2) is 45.9 Å². The van der Waals surface area contributed by atoms with Gasteiger partial charge < -0.3 is 9.64 Å². The fraction of sp³-hybridized carbons (Fsp3) is 0.350. The highest BCUT2D eigenvalue weighted by Crippen LogP contribution is 2.21. The third kappa shape index (κ3) is 3.54. The summed E-state index contributed by atoms with van der Waals surface area (Å²) in [5, 5.41) is 10.7. The van der Waals surface area contributed by atoms with Crippen molar-refractivity contribution in [3.05, 3.63) is 53.6 Å². The Morgan fingerprint density at radius 1 is 1.19 bits per heavy atom. The van der Waals surface area contributed by atoms with E-state index >= 15 is 0 Å². The van der Waals surface area contributed by atoms with E-state index in [1.807, 2.05) is 41.3 Å². The molecule has 1 atom stereocenters. The molecule has 1 aliphatic rings. The first-order valence-corrected chi connectivity index (χ1v) is 8.98. The van der Waals surface area contributed by atoms with Crippen molar-refractivity contribution >= 4 is 16.9 Å². The summed E-state index contributed by atoms with van der Waals surface area (Å²) in [4.78, 5) is 14.8. The molecule has 6 nitrogen and oxygen atoms in total. The number of H-pyrrole nitrogens is 1. The number of hydrogen-bond donors (Lipinski definition) is 1. The summed E-state index contributed by atoms with van der Waals surface area (Å²) >= 11 is 0. The number of nitrogens with zero attached hydrogens (tertiary/aromatic N) is 3. The fourth-order valence-corrected chi connectivity index (χ4v) is 3.39. The zero-order chi connectivity index (χ0) is 17.9. The lowest BCUT2D eigenvalue weighted by Crippen LogP contribution is -2.41. The molecule has 1 aromatic heterocycles. The van der Waals surface area contributed by atoms with Crippen molar-refractivity contribution in [1.29, 1.82) is 0 Å². The molecule has 1 saturated heterocycles. The molecule has 26 heavy (non-hydrogen) atoms. The van der Waals surface area contributed by atoms with Crippen LogP contribution >= 0.6 is 0 Å². The largest absolute Gasteiger partial charge is 0.493 e. The molecule has 1 aliphatic heterocycles. The molecule has 3 aromatic rings. The van der Waals surface area contributed by atoms with Crippen molar-refractivity contribution in [2.24, 2.45) is 5.92 Å². The highest BCUT2D eigenvalue weighted by atomic mass is 16.5. The number of amides is 1. The van der Waals surface area contributed by atoms with E-state index in [4.69, 9.17) is 4.74 Å². The molecule has 6 heteroatoms. The smallest absolute Gasteiger partial charge is 0.253 e. The van der Waals surface area contributed by atoms with Gasteiger partial charge in [-0.1, -0.05) is 17.7 Å². The molecule has 0 aliphatic carbocycles. The number of carbonyl (C=O) groups is 1. The minimum atomic E-state index is 0.0509. The number of hydrogen-bond acceptors (Lipinski definition) is 4. The van der Waals surface area contributed by atoms with E-state index in [2.05, 4.69) is 22.3 Å². The maximum atomic E-state index is 12.8. The summed E-state index contributed by atoms with van der Waals surface area (Å²) in [6.07, 6.45) is 2.08. The van der Waals surface area contributed by atoms with Gasteiger partial charge in [-0.05, 0) is 50.1 Å². The van der Waals surface area contributed by atoms with Gasteiger partial charge in [-0.25, -0.2) is 0 Å². The van der Waals surface area contributed by atoms with Gasteiger partial charge in [0.05, 0.1) is 6.61 Å². The number of aryl methyl sites for hydroxylation is 1. The van der Waals surface area contributed by atoms with E-state index < -0.39 is 0 Å². The Morgan fingerprint density at radius 2 is 2.00 bits per heavy atom. The molecule has 1 N–H and O–H groups in total. The van der Waals surface area contributed by atoms with Crippen LogP contribution in [0.2, 0.25) is 0 Å². The third-order valence-corrected chi connectivity index (χ3v) is 4.88. The third-order valence-electron chi connectivity index (χ3n) is 4.88. The fourth-order valence-electron chi connectivity index (χ4n) is 3.39. The second-order valence-corrected chi connectivity index (χ2v) is 6.91. The maximum absolute atomic E-state index is 12.8. The summed E-state index contributed by atoms with van der Waals surface area (Å²) in [7, 11) is 0. The van der Waals surface area contributed by atoms with Gasteiger partial charge in [-0.3, -0.25) is 4.79 Å². The molecule has 0 saturated carbocycles. The van der Waals surface area contributed by atoms with E-state index in [9.17, 15) is 4.79 Å². The first-order chi connectivity index (χ1) is 12.7. The van der Waals surface area contributed by atoms with Crippen molar-refractivity contribution in [2.75, 3.05) is 19.7 Å². The number of ether oxygens (including phenoxy) is 1. The van der Waals surface area contributed by atoms with Crippen molar-refractivity contribution in [3.8, 4) is 5.75 Å². The molecule has 2 heterocycles. The SMILES string of the molecule is Cc1ccc(OCC2CCCN(C(=O)c3ccc4n[nH]nc4c3)C2)cc1. The molecule has 0 radical (unpaired) electrons. The molecular formula is C20H22N4O2. The van der Waals surface area contributed by atoms with Crippen molar-refractivity contribution in [2.45, 2.75) is 19.8 Å². The zero-order valence-corrected chi connectivity index (χ0v) is 14.8. The highest BCUT2D eigenvalue weighted by molar-refractivity contribution is 5.97. The first kappa shape index (κ1) is 16.6. The Morgan fingerprint density at radius 3 is 2.85 bits per heavy atom. The topological polar surface area (TPSA) is 71.1 Å². The average Bonchev–Trinajstić information content (AvgIpc) is 3.15. The second-order valence-electron chi connectivity index (χ2n) is 6.91. The Balaban J connectivity index is 1.39. The molecule has 1 unspecified atom stereocenters. The summed E-state index contributed by atoms with van der Waals surface area (Å²) < 4.78 is 5.92. The van der Waals surface area contributed by atoms with Crippen molar-refractivity contribution < 1.29 is 9.53 Å². The first-order valence-electron chi connectivity index (χ1n) is 8.98. The van der Waals surface area contributed by atoms with E-state index in [0.29, 0.717) is 23.6 Å². The normalized spacial score (nSPS) is 17.4. The summed E-state index contributed by atoms with van der Waals surface area (Å²) in [6, 6.07) is 13.5. The molecule has 0 spiro atoms. The minimum absolute atomic E-state index is 0.0509. The summed E-state index contributed by atoms with van der Waals surface area (Å²) in [5.74, 6) is 1.29. The predicted octanol–water partition coefficient (Wildman–Crippen LogP) is 3.20. The lowest BCUT2D eigenvalue weighted by molar-refractivity contribution is 0.0633. The van der Waals surface area contributed by atoms with Crippen LogP contribution in [0.3, 0.4) is 0 Å². The van der Waals surface area contributed by atoms with Gasteiger partial charge in [0.25, 0.3) is 5.91 Å². The number of nitrogens with one attached hydrogen (secondary N) is 1. The number of aromatic amines is 1. The van der Waals surface area contributed by atoms with Gasteiger partial charge in [0.15, 0.2) is 0 Å². The average molecular weight is 350 g/mol. The van der Waals surface area contributed by atoms with E-state index in [1.165, 1.54) is 5.56 Å². The predicted molar refractivity (Wildman–Crippen MR) is 99.2 cm³/mol. The van der Waals surface area contributed by atoms with Gasteiger partial charge in [0.2, 0.25) is 0 Å². The molecule has 4 rings (SSSR count). The number of piperidine rings is 1. The lowest BCUT2D eigenvalue weighted by Gasteiger charge is -2.32. The second kappa shape index (κ2) is 7.15. The molecular weight excluding hydrogens is 328 g/mol.